The summed E-state index contributed by atoms with van der Waals surface area (Å²) in [6, 6.07) is 8.64. The maximum absolute atomic E-state index is 13.6. The zero-order chi connectivity index (χ0) is 14.0. The van der Waals surface area contributed by atoms with Crippen molar-refractivity contribution in [2.75, 3.05) is 0 Å². The van der Waals surface area contributed by atoms with Crippen LogP contribution < -0.4 is 4.74 Å². The third-order valence-corrected chi connectivity index (χ3v) is 2.79. The van der Waals surface area contributed by atoms with Crippen LogP contribution in [0.4, 0.5) is 4.39 Å². The molecule has 0 spiro atoms. The van der Waals surface area contributed by atoms with Gasteiger partial charge in [-0.2, -0.15) is 0 Å². The normalized spacial score (nSPS) is 10.3. The molecule has 2 aromatic carbocycles. The third kappa shape index (κ3) is 2.85. The van der Waals surface area contributed by atoms with E-state index in [1.807, 2.05) is 0 Å². The van der Waals surface area contributed by atoms with Gasteiger partial charge in [0.05, 0.1) is 5.02 Å². The molecule has 1 N–H and O–H groups in total. The fraction of sp³-hybridized carbons (Fsp3) is 0.0714. The maximum atomic E-state index is 13.6. The largest absolute Gasteiger partial charge is 0.478 e. The van der Waals surface area contributed by atoms with Crippen LogP contribution >= 0.6 is 11.6 Å². The average molecular weight is 281 g/mol. The van der Waals surface area contributed by atoms with Crippen LogP contribution in [0.15, 0.2) is 36.4 Å². The summed E-state index contributed by atoms with van der Waals surface area (Å²) in [5, 5.41) is 9.17. The van der Waals surface area contributed by atoms with E-state index in [9.17, 15) is 9.18 Å². The molecule has 0 saturated heterocycles. The quantitative estimate of drug-likeness (QED) is 0.913. The highest BCUT2D eigenvalue weighted by molar-refractivity contribution is 6.32. The Morgan fingerprint density at radius 2 is 2.05 bits per heavy atom. The number of hydrogen-bond donors (Lipinski definition) is 1. The Labute approximate surface area is 114 Å². The molecule has 19 heavy (non-hydrogen) atoms. The lowest BCUT2D eigenvalue weighted by molar-refractivity contribution is 0.0694. The van der Waals surface area contributed by atoms with Crippen molar-refractivity contribution in [3.05, 3.63) is 58.4 Å². The Kier molecular flexibility index (Phi) is 3.71. The molecule has 0 aliphatic rings. The van der Waals surface area contributed by atoms with Crippen LogP contribution in [0.25, 0.3) is 0 Å². The molecule has 0 heterocycles. The molecule has 0 amide bonds. The molecule has 98 valence electrons. The number of hydrogen-bond acceptors (Lipinski definition) is 2. The molecular weight excluding hydrogens is 271 g/mol. The minimum Gasteiger partial charge on any atom is -0.478 e. The second kappa shape index (κ2) is 5.28. The number of halogens is 2. The number of rotatable bonds is 3. The van der Waals surface area contributed by atoms with Crippen LogP contribution in [-0.2, 0) is 0 Å². The van der Waals surface area contributed by atoms with E-state index in [1.165, 1.54) is 30.3 Å². The molecule has 0 atom stereocenters. The van der Waals surface area contributed by atoms with Gasteiger partial charge in [-0.25, -0.2) is 9.18 Å². The fourth-order valence-corrected chi connectivity index (χ4v) is 1.79. The fourth-order valence-electron chi connectivity index (χ4n) is 1.58. The van der Waals surface area contributed by atoms with Gasteiger partial charge in [-0.05, 0) is 36.8 Å². The number of carboxylic acid groups (broad SMARTS) is 1. The van der Waals surface area contributed by atoms with Crippen LogP contribution in [-0.4, -0.2) is 11.1 Å². The predicted molar refractivity (Wildman–Crippen MR) is 69.6 cm³/mol. The first-order valence-electron chi connectivity index (χ1n) is 5.45. The van der Waals surface area contributed by atoms with Gasteiger partial charge in [-0.15, -0.1) is 0 Å². The van der Waals surface area contributed by atoms with E-state index >= 15 is 0 Å². The second-order valence-electron chi connectivity index (χ2n) is 3.96. The first kappa shape index (κ1) is 13.4. The van der Waals surface area contributed by atoms with E-state index < -0.39 is 11.8 Å². The van der Waals surface area contributed by atoms with Gasteiger partial charge >= 0.3 is 5.97 Å². The zero-order valence-electron chi connectivity index (χ0n) is 9.98. The second-order valence-corrected chi connectivity index (χ2v) is 4.36. The highest BCUT2D eigenvalue weighted by Crippen LogP contribution is 2.34. The molecule has 3 nitrogen and oxygen atoms in total. The molecule has 0 aromatic heterocycles. The van der Waals surface area contributed by atoms with Gasteiger partial charge in [-0.3, -0.25) is 0 Å². The van der Waals surface area contributed by atoms with Crippen molar-refractivity contribution in [1.29, 1.82) is 0 Å². The van der Waals surface area contributed by atoms with Crippen LogP contribution in [0.1, 0.15) is 15.9 Å². The van der Waals surface area contributed by atoms with Gasteiger partial charge in [-0.1, -0.05) is 23.7 Å². The lowest BCUT2D eigenvalue weighted by Gasteiger charge is -2.11. The standard InChI is InChI=1S/C14H10ClFO3/c1-8-5-6-11(16)12(7-8)19-13-9(14(17)18)3-2-4-10(13)15/h2-7H,1H3,(H,17,18). The third-order valence-electron chi connectivity index (χ3n) is 2.50. The van der Waals surface area contributed by atoms with E-state index in [4.69, 9.17) is 21.4 Å². The molecule has 0 fully saturated rings. The van der Waals surface area contributed by atoms with Crippen LogP contribution in [0.3, 0.4) is 0 Å². The van der Waals surface area contributed by atoms with E-state index in [2.05, 4.69) is 0 Å². The van der Waals surface area contributed by atoms with Gasteiger partial charge in [0, 0.05) is 0 Å². The SMILES string of the molecule is Cc1ccc(F)c(Oc2c(Cl)cccc2C(=O)O)c1. The number of benzene rings is 2. The molecule has 0 aliphatic carbocycles. The lowest BCUT2D eigenvalue weighted by atomic mass is 10.2. The monoisotopic (exact) mass is 280 g/mol. The summed E-state index contributed by atoms with van der Waals surface area (Å²) in [4.78, 5) is 11.1. The van der Waals surface area contributed by atoms with Gasteiger partial charge in [0.1, 0.15) is 5.56 Å². The predicted octanol–water partition coefficient (Wildman–Crippen LogP) is 4.28. The molecule has 0 bridgehead atoms. The molecule has 0 saturated carbocycles. The molecule has 0 aliphatic heterocycles. The maximum Gasteiger partial charge on any atom is 0.339 e. The molecule has 0 unspecified atom stereocenters. The van der Waals surface area contributed by atoms with Crippen LogP contribution in [0.5, 0.6) is 11.5 Å². The minimum atomic E-state index is -1.19. The van der Waals surface area contributed by atoms with Crippen molar-refractivity contribution in [3.63, 3.8) is 0 Å². The molecule has 2 rings (SSSR count). The zero-order valence-corrected chi connectivity index (χ0v) is 10.7. The first-order valence-corrected chi connectivity index (χ1v) is 5.82. The topological polar surface area (TPSA) is 46.5 Å². The summed E-state index contributed by atoms with van der Waals surface area (Å²) in [6.45, 7) is 1.77. The van der Waals surface area contributed by atoms with E-state index in [0.717, 1.165) is 5.56 Å². The van der Waals surface area contributed by atoms with E-state index in [-0.39, 0.29) is 22.1 Å². The summed E-state index contributed by atoms with van der Waals surface area (Å²) < 4.78 is 18.9. The summed E-state index contributed by atoms with van der Waals surface area (Å²) >= 11 is 5.90. The Hall–Kier alpha value is -2.07. The number of aryl methyl sites for hydroxylation is 1. The van der Waals surface area contributed by atoms with Crippen molar-refractivity contribution in [3.8, 4) is 11.5 Å². The summed E-state index contributed by atoms with van der Waals surface area (Å²) in [7, 11) is 0. The van der Waals surface area contributed by atoms with Gasteiger partial charge in [0.2, 0.25) is 0 Å². The van der Waals surface area contributed by atoms with Gasteiger partial charge in [0.15, 0.2) is 17.3 Å². The molecule has 2 aromatic rings. The number of carboxylic acids is 1. The highest BCUT2D eigenvalue weighted by Gasteiger charge is 2.16. The molecular formula is C14H10ClFO3. The summed E-state index contributed by atoms with van der Waals surface area (Å²) in [5.74, 6) is -1.90. The van der Waals surface area contributed by atoms with E-state index in [1.54, 1.807) is 13.0 Å². The van der Waals surface area contributed by atoms with Crippen molar-refractivity contribution in [2.45, 2.75) is 6.92 Å². The van der Waals surface area contributed by atoms with Gasteiger partial charge in [0.25, 0.3) is 0 Å². The van der Waals surface area contributed by atoms with Crippen molar-refractivity contribution < 1.29 is 19.0 Å². The number of carbonyl (C=O) groups is 1. The minimum absolute atomic E-state index is 0.0596. The van der Waals surface area contributed by atoms with E-state index in [0.29, 0.717) is 0 Å². The Bertz CT molecular complexity index is 641. The molecule has 0 radical (unpaired) electrons. The van der Waals surface area contributed by atoms with Crippen LogP contribution in [0.2, 0.25) is 5.02 Å². The first-order chi connectivity index (χ1) is 8.99. The Morgan fingerprint density at radius 3 is 2.74 bits per heavy atom. The smallest absolute Gasteiger partial charge is 0.339 e. The number of aromatic carboxylic acids is 1. The average Bonchev–Trinajstić information content (AvgIpc) is 2.35. The number of para-hydroxylation sites is 1. The Morgan fingerprint density at radius 1 is 1.32 bits per heavy atom. The van der Waals surface area contributed by atoms with Gasteiger partial charge < -0.3 is 9.84 Å². The number of ether oxygens (including phenoxy) is 1. The highest BCUT2D eigenvalue weighted by atomic mass is 35.5. The molecule has 5 heteroatoms. The Balaban J connectivity index is 2.49. The van der Waals surface area contributed by atoms with Crippen molar-refractivity contribution in [2.24, 2.45) is 0 Å². The van der Waals surface area contributed by atoms with Crippen molar-refractivity contribution >= 4 is 17.6 Å². The summed E-state index contributed by atoms with van der Waals surface area (Å²) in [6.07, 6.45) is 0. The lowest BCUT2D eigenvalue weighted by Crippen LogP contribution is -2.01. The van der Waals surface area contributed by atoms with Crippen LogP contribution in [0, 0.1) is 12.7 Å². The van der Waals surface area contributed by atoms with Crippen molar-refractivity contribution in [1.82, 2.24) is 0 Å². The summed E-state index contributed by atoms with van der Waals surface area (Å²) in [5.41, 5.74) is 0.675.